The van der Waals surface area contributed by atoms with E-state index in [-0.39, 0.29) is 0 Å². The van der Waals surface area contributed by atoms with Crippen molar-refractivity contribution in [1.29, 1.82) is 0 Å². The largest absolute Gasteiger partial charge is 0.0616 e. The number of hydrogen-bond acceptors (Lipinski definition) is 0. The van der Waals surface area contributed by atoms with Gasteiger partial charge in [-0.15, -0.1) is 0 Å². The minimum Gasteiger partial charge on any atom is -0.0616 e. The quantitative estimate of drug-likeness (QED) is 0.122. The van der Waals surface area contributed by atoms with Crippen molar-refractivity contribution in [3.05, 3.63) is 231 Å². The zero-order valence-electron chi connectivity index (χ0n) is 35.9. The zero-order valence-corrected chi connectivity index (χ0v) is 35.9. The van der Waals surface area contributed by atoms with Gasteiger partial charge in [-0.3, -0.25) is 0 Å². The Morgan fingerprint density at radius 2 is 0.439 bits per heavy atom. The Balaban J connectivity index is 1.21. The molecular weight excluding hydrogens is 793 g/mol. The standard InChI is InChI=1S/C66H38/c1-3-19-47-39(11-1)13-7-21-49(47)51-23-9-25-57-63(51)65(55-37-33-45-29-27-41-15-5-17-43-31-35-53(55)61(45)59(41)43)58-26-10-24-52(50-22-8-14-40-12-2-4-20-48(40)50)64(58)66(57)56-38-34-46-30-28-42-16-6-18-44-32-36-54(56)62(46)60(42)44/h1-38H. The normalized spacial score (nSPS) is 12.2. The van der Waals surface area contributed by atoms with E-state index in [1.807, 2.05) is 0 Å². The molecule has 0 atom stereocenters. The van der Waals surface area contributed by atoms with Crippen LogP contribution in [-0.4, -0.2) is 0 Å². The summed E-state index contributed by atoms with van der Waals surface area (Å²) >= 11 is 0. The number of fused-ring (bicyclic) bond motifs is 4. The van der Waals surface area contributed by atoms with Crippen LogP contribution in [0.5, 0.6) is 0 Å². The molecule has 0 spiro atoms. The summed E-state index contributed by atoms with van der Waals surface area (Å²) in [7, 11) is 0. The van der Waals surface area contributed by atoms with Crippen LogP contribution >= 0.6 is 0 Å². The summed E-state index contributed by atoms with van der Waals surface area (Å²) in [6, 6.07) is 87.2. The van der Waals surface area contributed by atoms with E-state index in [0.717, 1.165) is 0 Å². The lowest BCUT2D eigenvalue weighted by molar-refractivity contribution is 1.66. The van der Waals surface area contributed by atoms with Gasteiger partial charge < -0.3 is 0 Å². The van der Waals surface area contributed by atoms with E-state index < -0.39 is 0 Å². The fraction of sp³-hybridized carbons (Fsp3) is 0. The molecule has 66 heavy (non-hydrogen) atoms. The molecule has 0 heteroatoms. The Labute approximate surface area is 380 Å². The lowest BCUT2D eigenvalue weighted by Gasteiger charge is -2.25. The molecule has 0 radical (unpaired) electrons. The number of hydrogen-bond donors (Lipinski definition) is 0. The van der Waals surface area contributed by atoms with Crippen LogP contribution in [0.25, 0.3) is 152 Å². The van der Waals surface area contributed by atoms with Gasteiger partial charge in [-0.25, -0.2) is 0 Å². The second-order valence-electron chi connectivity index (χ2n) is 18.2. The first-order valence-electron chi connectivity index (χ1n) is 23.1. The van der Waals surface area contributed by atoms with Crippen LogP contribution in [0, 0.1) is 0 Å². The first kappa shape index (κ1) is 35.8. The maximum absolute atomic E-state index is 2.41. The van der Waals surface area contributed by atoms with Gasteiger partial charge in [0.2, 0.25) is 0 Å². The number of rotatable bonds is 4. The van der Waals surface area contributed by atoms with Crippen molar-refractivity contribution in [1.82, 2.24) is 0 Å². The Morgan fingerprint density at radius 3 is 0.894 bits per heavy atom. The summed E-state index contributed by atoms with van der Waals surface area (Å²) in [5.41, 5.74) is 9.99. The molecule has 0 bridgehead atoms. The van der Waals surface area contributed by atoms with Gasteiger partial charge in [0, 0.05) is 0 Å². The summed E-state index contributed by atoms with van der Waals surface area (Å²) in [6.45, 7) is 0. The minimum absolute atomic E-state index is 1.24. The molecule has 15 rings (SSSR count). The molecule has 302 valence electrons. The second-order valence-corrected chi connectivity index (χ2v) is 18.2. The summed E-state index contributed by atoms with van der Waals surface area (Å²) in [4.78, 5) is 0. The van der Waals surface area contributed by atoms with Crippen molar-refractivity contribution in [3.63, 3.8) is 0 Å². The van der Waals surface area contributed by atoms with Crippen molar-refractivity contribution >= 4 is 108 Å². The third-order valence-electron chi connectivity index (χ3n) is 14.9. The van der Waals surface area contributed by atoms with Crippen LogP contribution in [0.3, 0.4) is 0 Å². The van der Waals surface area contributed by atoms with Gasteiger partial charge in [0.25, 0.3) is 0 Å². The highest BCUT2D eigenvalue weighted by atomic mass is 14.3. The van der Waals surface area contributed by atoms with Crippen LogP contribution in [0.2, 0.25) is 0 Å². The van der Waals surface area contributed by atoms with Crippen molar-refractivity contribution < 1.29 is 0 Å². The molecule has 15 aromatic carbocycles. The molecule has 15 aromatic rings. The zero-order chi connectivity index (χ0) is 43.0. The molecule has 0 aliphatic carbocycles. The average molecular weight is 831 g/mol. The monoisotopic (exact) mass is 830 g/mol. The van der Waals surface area contributed by atoms with Gasteiger partial charge in [0.1, 0.15) is 0 Å². The molecule has 0 saturated heterocycles. The van der Waals surface area contributed by atoms with Crippen molar-refractivity contribution in [2.75, 3.05) is 0 Å². The SMILES string of the molecule is c1ccc2c(-c3cccc4c(-c5ccc6ccc7cccc8ccc5c6c78)c5c(-c6cccc7ccccc67)cccc5c(-c5ccc6ccc7cccc8ccc5c6c78)c34)cccc2c1. The lowest BCUT2D eigenvalue weighted by Crippen LogP contribution is -1.97. The predicted octanol–water partition coefficient (Wildman–Crippen LogP) is 18.8. The van der Waals surface area contributed by atoms with Crippen molar-refractivity contribution in [3.8, 4) is 44.5 Å². The van der Waals surface area contributed by atoms with E-state index in [4.69, 9.17) is 0 Å². The minimum atomic E-state index is 1.24. The van der Waals surface area contributed by atoms with Gasteiger partial charge in [-0.1, -0.05) is 231 Å². The molecule has 0 N–H and O–H groups in total. The predicted molar refractivity (Wildman–Crippen MR) is 286 cm³/mol. The molecule has 0 aliphatic heterocycles. The Morgan fingerprint density at radius 1 is 0.136 bits per heavy atom. The van der Waals surface area contributed by atoms with Crippen LogP contribution in [0.4, 0.5) is 0 Å². The first-order chi connectivity index (χ1) is 32.8. The van der Waals surface area contributed by atoms with Crippen LogP contribution in [0.1, 0.15) is 0 Å². The van der Waals surface area contributed by atoms with Crippen molar-refractivity contribution in [2.24, 2.45) is 0 Å². The summed E-state index contributed by atoms with van der Waals surface area (Å²) in [6.07, 6.45) is 0. The fourth-order valence-electron chi connectivity index (χ4n) is 12.2. The Hall–Kier alpha value is -8.58. The van der Waals surface area contributed by atoms with E-state index >= 15 is 0 Å². The molecule has 0 aliphatic rings. The Kier molecular flexibility index (Phi) is 7.31. The maximum atomic E-state index is 2.41. The molecule has 0 nitrogen and oxygen atoms in total. The highest BCUT2D eigenvalue weighted by Gasteiger charge is 2.26. The Bertz CT molecular complexity index is 4180. The average Bonchev–Trinajstić information content (AvgIpc) is 3.38. The molecule has 0 aromatic heterocycles. The highest BCUT2D eigenvalue weighted by Crippen LogP contribution is 2.54. The van der Waals surface area contributed by atoms with E-state index in [1.165, 1.54) is 152 Å². The molecule has 0 heterocycles. The molecule has 0 saturated carbocycles. The van der Waals surface area contributed by atoms with Crippen LogP contribution in [0.15, 0.2) is 231 Å². The summed E-state index contributed by atoms with van der Waals surface area (Å²) < 4.78 is 0. The van der Waals surface area contributed by atoms with Crippen LogP contribution in [-0.2, 0) is 0 Å². The van der Waals surface area contributed by atoms with E-state index in [0.29, 0.717) is 0 Å². The topological polar surface area (TPSA) is 0 Å². The van der Waals surface area contributed by atoms with E-state index in [9.17, 15) is 0 Å². The van der Waals surface area contributed by atoms with Gasteiger partial charge in [-0.2, -0.15) is 0 Å². The third kappa shape index (κ3) is 4.88. The van der Waals surface area contributed by atoms with Gasteiger partial charge in [0.05, 0.1) is 0 Å². The molecular formula is C66H38. The maximum Gasteiger partial charge on any atom is -0.00137 e. The number of benzene rings is 15. The van der Waals surface area contributed by atoms with Gasteiger partial charge >= 0.3 is 0 Å². The second kappa shape index (κ2) is 13.5. The smallest absolute Gasteiger partial charge is 0.00137 e. The molecule has 0 unspecified atom stereocenters. The van der Waals surface area contributed by atoms with E-state index in [1.54, 1.807) is 0 Å². The van der Waals surface area contributed by atoms with Gasteiger partial charge in [-0.05, 0) is 152 Å². The summed E-state index contributed by atoms with van der Waals surface area (Å²) in [5.74, 6) is 0. The first-order valence-corrected chi connectivity index (χ1v) is 23.1. The summed E-state index contributed by atoms with van der Waals surface area (Å²) in [5, 5.41) is 25.5. The van der Waals surface area contributed by atoms with Crippen LogP contribution < -0.4 is 0 Å². The highest BCUT2D eigenvalue weighted by molar-refractivity contribution is 6.35. The lowest BCUT2D eigenvalue weighted by atomic mass is 9.78. The molecule has 0 fully saturated rings. The fourth-order valence-corrected chi connectivity index (χ4v) is 12.2. The van der Waals surface area contributed by atoms with Gasteiger partial charge in [0.15, 0.2) is 0 Å². The molecule has 0 amide bonds. The third-order valence-corrected chi connectivity index (χ3v) is 14.9. The van der Waals surface area contributed by atoms with E-state index in [2.05, 4.69) is 231 Å². The van der Waals surface area contributed by atoms with Crippen molar-refractivity contribution in [2.45, 2.75) is 0 Å².